The van der Waals surface area contributed by atoms with E-state index in [-0.39, 0.29) is 12.4 Å². The SMILES string of the molecule is CC(C)(CNc1nc2ccc(C(=O)Oc3ccc(C(=N)N)cc3)cc2s1)C(=O)O. The molecule has 5 N–H and O–H groups in total. The van der Waals surface area contributed by atoms with Crippen LogP contribution in [-0.2, 0) is 4.79 Å². The minimum absolute atomic E-state index is 0.0605. The summed E-state index contributed by atoms with van der Waals surface area (Å²) >= 11 is 1.33. The van der Waals surface area contributed by atoms with Crippen molar-refractivity contribution in [3.63, 3.8) is 0 Å². The molecule has 3 rings (SSSR count). The van der Waals surface area contributed by atoms with Crippen molar-refractivity contribution in [1.82, 2.24) is 4.98 Å². The molecule has 29 heavy (non-hydrogen) atoms. The summed E-state index contributed by atoms with van der Waals surface area (Å²) in [6.45, 7) is 3.49. The highest BCUT2D eigenvalue weighted by molar-refractivity contribution is 7.22. The van der Waals surface area contributed by atoms with Gasteiger partial charge in [0.15, 0.2) is 5.13 Å². The van der Waals surface area contributed by atoms with Crippen molar-refractivity contribution in [2.24, 2.45) is 11.1 Å². The molecule has 0 aliphatic heterocycles. The van der Waals surface area contributed by atoms with Gasteiger partial charge in [-0.25, -0.2) is 9.78 Å². The summed E-state index contributed by atoms with van der Waals surface area (Å²) in [6.07, 6.45) is 0. The maximum atomic E-state index is 12.4. The van der Waals surface area contributed by atoms with Crippen LogP contribution in [0.4, 0.5) is 5.13 Å². The van der Waals surface area contributed by atoms with E-state index in [9.17, 15) is 14.7 Å². The van der Waals surface area contributed by atoms with Crippen LogP contribution in [0.1, 0.15) is 29.8 Å². The second-order valence-corrected chi connectivity index (χ2v) is 8.10. The zero-order chi connectivity index (χ0) is 21.2. The molecule has 0 bridgehead atoms. The van der Waals surface area contributed by atoms with Crippen LogP contribution in [0.2, 0.25) is 0 Å². The second-order valence-electron chi connectivity index (χ2n) is 7.07. The van der Waals surface area contributed by atoms with E-state index in [0.717, 1.165) is 4.70 Å². The maximum absolute atomic E-state index is 12.4. The number of esters is 1. The predicted molar refractivity (Wildman–Crippen MR) is 112 cm³/mol. The minimum Gasteiger partial charge on any atom is -0.481 e. The van der Waals surface area contributed by atoms with Gasteiger partial charge in [0.2, 0.25) is 0 Å². The Labute approximate surface area is 170 Å². The summed E-state index contributed by atoms with van der Waals surface area (Å²) in [5, 5.41) is 20.2. The first kappa shape index (κ1) is 20.3. The monoisotopic (exact) mass is 412 g/mol. The largest absolute Gasteiger partial charge is 0.481 e. The quantitative estimate of drug-likeness (QED) is 0.202. The van der Waals surface area contributed by atoms with Crippen molar-refractivity contribution < 1.29 is 19.4 Å². The van der Waals surface area contributed by atoms with E-state index in [1.807, 2.05) is 0 Å². The molecule has 0 saturated heterocycles. The van der Waals surface area contributed by atoms with E-state index >= 15 is 0 Å². The highest BCUT2D eigenvalue weighted by Gasteiger charge is 2.27. The molecule has 0 amide bonds. The number of hydrogen-bond donors (Lipinski definition) is 4. The van der Waals surface area contributed by atoms with Crippen molar-refractivity contribution in [2.75, 3.05) is 11.9 Å². The number of nitrogens with zero attached hydrogens (tertiary/aromatic N) is 1. The van der Waals surface area contributed by atoms with Crippen molar-refractivity contribution in [1.29, 1.82) is 5.41 Å². The number of rotatable bonds is 7. The third-order valence-electron chi connectivity index (χ3n) is 4.26. The van der Waals surface area contributed by atoms with E-state index in [1.165, 1.54) is 11.3 Å². The smallest absolute Gasteiger partial charge is 0.343 e. The third-order valence-corrected chi connectivity index (χ3v) is 5.24. The summed E-state index contributed by atoms with van der Waals surface area (Å²) in [7, 11) is 0. The van der Waals surface area contributed by atoms with Gasteiger partial charge in [0.1, 0.15) is 11.6 Å². The lowest BCUT2D eigenvalue weighted by Crippen LogP contribution is -2.31. The molecule has 8 nitrogen and oxygen atoms in total. The second kappa shape index (κ2) is 7.88. The molecule has 1 aromatic heterocycles. The molecule has 0 aliphatic carbocycles. The number of nitrogen functional groups attached to an aromatic ring is 1. The fraction of sp³-hybridized carbons (Fsp3) is 0.200. The minimum atomic E-state index is -0.926. The fourth-order valence-corrected chi connectivity index (χ4v) is 3.27. The summed E-state index contributed by atoms with van der Waals surface area (Å²) in [5.41, 5.74) is 6.10. The number of carboxylic acids is 1. The van der Waals surface area contributed by atoms with Crippen LogP contribution < -0.4 is 15.8 Å². The number of aromatic nitrogens is 1. The lowest BCUT2D eigenvalue weighted by Gasteiger charge is -2.18. The van der Waals surface area contributed by atoms with E-state index in [0.29, 0.717) is 27.5 Å². The molecule has 3 aromatic rings. The molecule has 9 heteroatoms. The number of benzene rings is 2. The standard InChI is InChI=1S/C20H20N4O4S/c1-20(2,18(26)27)10-23-19-24-14-8-5-12(9-15(14)29-19)17(25)28-13-6-3-11(4-7-13)16(21)22/h3-9H,10H2,1-2H3,(H3,21,22)(H,23,24)(H,26,27). The number of aliphatic carboxylic acids is 1. The first-order valence-electron chi connectivity index (χ1n) is 8.70. The van der Waals surface area contributed by atoms with Crippen molar-refractivity contribution >= 4 is 44.5 Å². The molecule has 0 radical (unpaired) electrons. The predicted octanol–water partition coefficient (Wildman–Crippen LogP) is 3.32. The number of ether oxygens (including phenoxy) is 1. The van der Waals surface area contributed by atoms with Crippen LogP contribution >= 0.6 is 11.3 Å². The third kappa shape index (κ3) is 4.69. The molecular weight excluding hydrogens is 392 g/mol. The summed E-state index contributed by atoms with van der Waals surface area (Å²) in [4.78, 5) is 28.1. The average Bonchev–Trinajstić information content (AvgIpc) is 3.09. The molecule has 150 valence electrons. The number of nitrogens with one attached hydrogen (secondary N) is 2. The number of carboxylic acid groups (broad SMARTS) is 1. The number of carbonyl (C=O) groups excluding carboxylic acids is 1. The zero-order valence-electron chi connectivity index (χ0n) is 15.9. The van der Waals surface area contributed by atoms with E-state index < -0.39 is 17.4 Å². The Kier molecular flexibility index (Phi) is 5.51. The van der Waals surface area contributed by atoms with Crippen molar-refractivity contribution in [2.45, 2.75) is 13.8 Å². The van der Waals surface area contributed by atoms with Crippen molar-refractivity contribution in [3.05, 3.63) is 53.6 Å². The molecule has 0 fully saturated rings. The molecule has 0 spiro atoms. The van der Waals surface area contributed by atoms with Gasteiger partial charge in [-0.1, -0.05) is 11.3 Å². The van der Waals surface area contributed by atoms with E-state index in [4.69, 9.17) is 15.9 Å². The highest BCUT2D eigenvalue weighted by atomic mass is 32.1. The Morgan fingerprint density at radius 3 is 2.48 bits per heavy atom. The molecular formula is C20H20N4O4S. The number of hydrogen-bond acceptors (Lipinski definition) is 7. The topological polar surface area (TPSA) is 138 Å². The Morgan fingerprint density at radius 1 is 1.21 bits per heavy atom. The van der Waals surface area contributed by atoms with Gasteiger partial charge in [-0.15, -0.1) is 0 Å². The van der Waals surface area contributed by atoms with Gasteiger partial charge in [0.25, 0.3) is 0 Å². The molecule has 1 heterocycles. The van der Waals surface area contributed by atoms with Crippen LogP contribution in [0.15, 0.2) is 42.5 Å². The van der Waals surface area contributed by atoms with Gasteiger partial charge in [-0.05, 0) is 56.3 Å². The summed E-state index contributed by atoms with van der Waals surface area (Å²) < 4.78 is 6.14. The number of thiazole rings is 1. The number of carbonyl (C=O) groups is 2. The van der Waals surface area contributed by atoms with Gasteiger partial charge >= 0.3 is 11.9 Å². The maximum Gasteiger partial charge on any atom is 0.343 e. The van der Waals surface area contributed by atoms with Gasteiger partial charge in [0, 0.05) is 12.1 Å². The first-order valence-corrected chi connectivity index (χ1v) is 9.52. The fourth-order valence-electron chi connectivity index (χ4n) is 2.37. The van der Waals surface area contributed by atoms with E-state index in [1.54, 1.807) is 56.3 Å². The number of anilines is 1. The Bertz CT molecular complexity index is 1090. The first-order chi connectivity index (χ1) is 13.7. The molecule has 0 saturated carbocycles. The Morgan fingerprint density at radius 2 is 1.86 bits per heavy atom. The number of nitrogens with two attached hydrogens (primary N) is 1. The molecule has 0 unspecified atom stereocenters. The van der Waals surface area contributed by atoms with Crippen molar-refractivity contribution in [3.8, 4) is 5.75 Å². The van der Waals surface area contributed by atoms with E-state index in [2.05, 4.69) is 10.3 Å². The normalized spacial score (nSPS) is 11.2. The average molecular weight is 412 g/mol. The van der Waals surface area contributed by atoms with Crippen LogP contribution in [0.3, 0.4) is 0 Å². The molecule has 2 aromatic carbocycles. The summed E-state index contributed by atoms with van der Waals surface area (Å²) in [5.74, 6) is -1.12. The van der Waals surface area contributed by atoms with Crippen LogP contribution in [-0.4, -0.2) is 34.4 Å². The Hall–Kier alpha value is -3.46. The van der Waals surface area contributed by atoms with Gasteiger partial charge in [0.05, 0.1) is 21.2 Å². The summed E-state index contributed by atoms with van der Waals surface area (Å²) in [6, 6.07) is 11.4. The Balaban J connectivity index is 1.72. The number of fused-ring (bicyclic) bond motifs is 1. The van der Waals surface area contributed by atoms with Gasteiger partial charge in [-0.3, -0.25) is 10.2 Å². The van der Waals surface area contributed by atoms with Crippen LogP contribution in [0, 0.1) is 10.8 Å². The van der Waals surface area contributed by atoms with Crippen LogP contribution in [0.25, 0.3) is 10.2 Å². The van der Waals surface area contributed by atoms with Gasteiger partial charge < -0.3 is 20.9 Å². The highest BCUT2D eigenvalue weighted by Crippen LogP contribution is 2.28. The lowest BCUT2D eigenvalue weighted by atomic mass is 9.94. The number of amidine groups is 1. The van der Waals surface area contributed by atoms with Crippen LogP contribution in [0.5, 0.6) is 5.75 Å². The molecule has 0 aliphatic rings. The lowest BCUT2D eigenvalue weighted by molar-refractivity contribution is -0.146. The van der Waals surface area contributed by atoms with Gasteiger partial charge in [-0.2, -0.15) is 0 Å². The zero-order valence-corrected chi connectivity index (χ0v) is 16.7. The molecule has 0 atom stereocenters.